The molecule has 0 unspecified atom stereocenters. The molecular formula is C78H90. The molecule has 0 radical (unpaired) electrons. The predicted molar refractivity (Wildman–Crippen MR) is 346 cm³/mol. The Balaban J connectivity index is 0.000000166. The lowest BCUT2D eigenvalue weighted by Gasteiger charge is -2.29. The lowest BCUT2D eigenvalue weighted by molar-refractivity contribution is 0.649. The van der Waals surface area contributed by atoms with Crippen LogP contribution in [0.1, 0.15) is 195 Å². The van der Waals surface area contributed by atoms with Crippen LogP contribution >= 0.6 is 0 Å². The molecule has 0 heteroatoms. The zero-order valence-corrected chi connectivity index (χ0v) is 54.0. The van der Waals surface area contributed by atoms with Crippen molar-refractivity contribution >= 4 is 43.1 Å². The first-order chi connectivity index (χ1) is 36.2. The van der Waals surface area contributed by atoms with Gasteiger partial charge in [0, 0.05) is 10.8 Å². The molecule has 9 aromatic carbocycles. The standard InChI is InChI=1S/C41H48.C37H42/c1-17-19(3)25(9)33-31(23(17)7)32-24(8)18(2)20(4)26(10)34(32)36-30(14)40-38(29(13)35(33)36)37-27(11)21(5)22(6)28(12)39(37)41(40,15)16;1-15-16(2)24(10)35-32(23(15)9)33-25(11)30-28-21(7)17(3)19(5)27-20(6)18(4)22(8)29(34(27)28)31(30)26(12)36(33)37(35,13)14/h1-16H3;1-14H3. The molecule has 0 saturated heterocycles. The van der Waals surface area contributed by atoms with Crippen LogP contribution in [-0.4, -0.2) is 0 Å². The summed E-state index contributed by atoms with van der Waals surface area (Å²) in [5.41, 5.74) is 56.0. The number of benzene rings is 9. The molecule has 0 saturated carbocycles. The van der Waals surface area contributed by atoms with Crippen molar-refractivity contribution in [1.82, 2.24) is 0 Å². The smallest absolute Gasteiger partial charge is 0.0164 e. The Morgan fingerprint density at radius 2 is 0.333 bits per heavy atom. The van der Waals surface area contributed by atoms with E-state index in [0.717, 1.165) is 0 Å². The summed E-state index contributed by atoms with van der Waals surface area (Å²) in [4.78, 5) is 0. The highest BCUT2D eigenvalue weighted by atomic mass is 14.5. The topological polar surface area (TPSA) is 0 Å². The Hall–Kier alpha value is -5.98. The van der Waals surface area contributed by atoms with Crippen LogP contribution in [-0.2, 0) is 10.8 Å². The number of hydrogen-bond acceptors (Lipinski definition) is 0. The predicted octanol–water partition coefficient (Wildman–Crippen LogP) is 22.3. The average molecular weight is 1030 g/mol. The van der Waals surface area contributed by atoms with Gasteiger partial charge in [-0.25, -0.2) is 0 Å². The molecule has 0 N–H and O–H groups in total. The molecule has 3 aliphatic rings. The van der Waals surface area contributed by atoms with Gasteiger partial charge in [-0.2, -0.15) is 0 Å². The van der Waals surface area contributed by atoms with Crippen molar-refractivity contribution < 1.29 is 0 Å². The molecule has 0 heterocycles. The normalized spacial score (nSPS) is 14.2. The molecule has 12 rings (SSSR count). The van der Waals surface area contributed by atoms with Gasteiger partial charge in [0.15, 0.2) is 0 Å². The van der Waals surface area contributed by atoms with Gasteiger partial charge in [-0.1, -0.05) is 27.7 Å². The molecule has 0 amide bonds. The summed E-state index contributed by atoms with van der Waals surface area (Å²) in [7, 11) is 0. The highest BCUT2D eigenvalue weighted by molar-refractivity contribution is 6.32. The minimum absolute atomic E-state index is 0.0236. The van der Waals surface area contributed by atoms with E-state index in [0.29, 0.717) is 0 Å². The average Bonchev–Trinajstić information content (AvgIpc) is 3.59. The minimum atomic E-state index is -0.0564. The van der Waals surface area contributed by atoms with Crippen molar-refractivity contribution in [2.75, 3.05) is 0 Å². The van der Waals surface area contributed by atoms with Gasteiger partial charge in [-0.3, -0.25) is 0 Å². The van der Waals surface area contributed by atoms with Gasteiger partial charge < -0.3 is 0 Å². The van der Waals surface area contributed by atoms with Gasteiger partial charge >= 0.3 is 0 Å². The van der Waals surface area contributed by atoms with Crippen LogP contribution in [0.2, 0.25) is 0 Å². The van der Waals surface area contributed by atoms with Gasteiger partial charge in [-0.15, -0.1) is 0 Å². The van der Waals surface area contributed by atoms with Crippen molar-refractivity contribution in [2.24, 2.45) is 0 Å². The van der Waals surface area contributed by atoms with E-state index >= 15 is 0 Å². The first-order valence-electron chi connectivity index (χ1n) is 29.5. The molecule has 0 nitrogen and oxygen atoms in total. The third kappa shape index (κ3) is 6.09. The molecule has 0 spiro atoms. The summed E-state index contributed by atoms with van der Waals surface area (Å²) in [5.74, 6) is 0. The van der Waals surface area contributed by atoms with E-state index in [4.69, 9.17) is 0 Å². The molecular weight excluding hydrogens is 937 g/mol. The minimum Gasteiger partial charge on any atom is -0.0516 e. The van der Waals surface area contributed by atoms with Gasteiger partial charge in [0.1, 0.15) is 0 Å². The van der Waals surface area contributed by atoms with E-state index in [1.165, 1.54) is 232 Å². The lowest BCUT2D eigenvalue weighted by Crippen LogP contribution is -2.19. The number of hydrogen-bond donors (Lipinski definition) is 0. The van der Waals surface area contributed by atoms with E-state index in [2.05, 4.69) is 208 Å². The van der Waals surface area contributed by atoms with Crippen molar-refractivity contribution in [3.8, 4) is 44.5 Å². The molecule has 9 aromatic rings. The highest BCUT2D eigenvalue weighted by Gasteiger charge is 2.46. The molecule has 0 bridgehead atoms. The number of aryl methyl sites for hydroxylation is 8. The van der Waals surface area contributed by atoms with Crippen LogP contribution in [0.4, 0.5) is 0 Å². The summed E-state index contributed by atoms with van der Waals surface area (Å²) in [6, 6.07) is 0. The second-order valence-electron chi connectivity index (χ2n) is 27.0. The molecule has 0 aromatic heterocycles. The maximum atomic E-state index is 2.48. The SMILES string of the molecule is Cc1c(C)c(C)c2c(c1C)-c1c(C)c3c(c(C)c1C2(C)C)-c1c(C)c(C)c(C)c2c(C)c(C)c(C)c-3c12.Cc1c(C)c(C)c2c(c1C)-c1c(c(C)c3c4c(C)c(C)c(C)c(C)c4c4c(C)c(C)c(C)c(C)c4c3c1C)C2(C)C. The molecule has 402 valence electrons. The van der Waals surface area contributed by atoms with Crippen LogP contribution in [0.15, 0.2) is 0 Å². The highest BCUT2D eigenvalue weighted by Crippen LogP contribution is 2.64. The lowest BCUT2D eigenvalue weighted by atomic mass is 9.74. The van der Waals surface area contributed by atoms with E-state index in [-0.39, 0.29) is 10.8 Å². The molecule has 0 fully saturated rings. The molecule has 0 atom stereocenters. The Morgan fingerprint density at radius 1 is 0.128 bits per heavy atom. The van der Waals surface area contributed by atoms with E-state index in [9.17, 15) is 0 Å². The van der Waals surface area contributed by atoms with Gasteiger partial charge in [0.25, 0.3) is 0 Å². The quantitative estimate of drug-likeness (QED) is 0.133. The zero-order chi connectivity index (χ0) is 57.6. The second-order valence-corrected chi connectivity index (χ2v) is 27.0. The summed E-state index contributed by atoms with van der Waals surface area (Å²) < 4.78 is 0. The fourth-order valence-corrected chi connectivity index (χ4v) is 17.7. The van der Waals surface area contributed by atoms with Crippen LogP contribution in [0.25, 0.3) is 87.6 Å². The molecule has 78 heavy (non-hydrogen) atoms. The largest absolute Gasteiger partial charge is 0.0516 e. The first-order valence-corrected chi connectivity index (χ1v) is 29.5. The van der Waals surface area contributed by atoms with Gasteiger partial charge in [0.2, 0.25) is 0 Å². The van der Waals surface area contributed by atoms with Crippen LogP contribution < -0.4 is 0 Å². The Labute approximate surface area is 470 Å². The summed E-state index contributed by atoms with van der Waals surface area (Å²) in [5, 5.41) is 11.9. The number of fused-ring (bicyclic) bond motifs is 15. The first kappa shape index (κ1) is 54.0. The van der Waals surface area contributed by atoms with Gasteiger partial charge in [-0.05, 0) is 435 Å². The van der Waals surface area contributed by atoms with E-state index < -0.39 is 0 Å². The molecule has 0 aliphatic heterocycles. The summed E-state index contributed by atoms with van der Waals surface area (Å²) >= 11 is 0. The fraction of sp³-hybridized carbons (Fsp3) is 0.410. The number of rotatable bonds is 0. The van der Waals surface area contributed by atoms with Crippen molar-refractivity contribution in [3.63, 3.8) is 0 Å². The third-order valence-corrected chi connectivity index (χ3v) is 23.5. The monoisotopic (exact) mass is 1030 g/mol. The van der Waals surface area contributed by atoms with E-state index in [1.807, 2.05) is 0 Å². The Bertz CT molecular complexity index is 4410. The van der Waals surface area contributed by atoms with Gasteiger partial charge in [0.05, 0.1) is 0 Å². The van der Waals surface area contributed by atoms with Crippen molar-refractivity contribution in [1.29, 1.82) is 0 Å². The Kier molecular flexibility index (Phi) is 11.6. The maximum absolute atomic E-state index is 2.48. The van der Waals surface area contributed by atoms with Crippen molar-refractivity contribution in [3.05, 3.63) is 167 Å². The zero-order valence-electron chi connectivity index (χ0n) is 54.0. The summed E-state index contributed by atoms with van der Waals surface area (Å²) in [6.07, 6.45) is 0. The Morgan fingerprint density at radius 3 is 0.692 bits per heavy atom. The maximum Gasteiger partial charge on any atom is 0.0164 e. The van der Waals surface area contributed by atoms with Crippen LogP contribution in [0.3, 0.4) is 0 Å². The second kappa shape index (κ2) is 16.8. The third-order valence-electron chi connectivity index (χ3n) is 23.5. The molecule has 3 aliphatic carbocycles. The fourth-order valence-electron chi connectivity index (χ4n) is 17.7. The summed E-state index contributed by atoms with van der Waals surface area (Å²) in [6.45, 7) is 71.3. The van der Waals surface area contributed by atoms with Crippen molar-refractivity contribution in [2.45, 2.75) is 219 Å². The van der Waals surface area contributed by atoms with E-state index in [1.54, 1.807) is 22.3 Å². The van der Waals surface area contributed by atoms with Crippen LogP contribution in [0.5, 0.6) is 0 Å². The van der Waals surface area contributed by atoms with Crippen LogP contribution in [0, 0.1) is 180 Å².